The normalized spacial score (nSPS) is 19.0. The van der Waals surface area contributed by atoms with Gasteiger partial charge >= 0.3 is 0 Å². The summed E-state index contributed by atoms with van der Waals surface area (Å²) in [7, 11) is 0. The highest BCUT2D eigenvalue weighted by molar-refractivity contribution is 7.99. The number of rotatable bonds is 5. The molecule has 2 N–H and O–H groups in total. The van der Waals surface area contributed by atoms with Crippen molar-refractivity contribution in [3.05, 3.63) is 17.2 Å². The second-order valence-electron chi connectivity index (χ2n) is 6.22. The Bertz CT molecular complexity index is 668. The van der Waals surface area contributed by atoms with E-state index in [0.717, 1.165) is 59.4 Å². The molecule has 0 unspecified atom stereocenters. The highest BCUT2D eigenvalue weighted by Gasteiger charge is 2.19. The summed E-state index contributed by atoms with van der Waals surface area (Å²) >= 11 is 8.36. The summed E-state index contributed by atoms with van der Waals surface area (Å²) in [6.07, 6.45) is 2.31. The first kappa shape index (κ1) is 16.9. The zero-order valence-corrected chi connectivity index (χ0v) is 15.6. The van der Waals surface area contributed by atoms with Gasteiger partial charge in [-0.25, -0.2) is 4.98 Å². The molecule has 1 aliphatic rings. The molecular formula is C17H25ClN4S. The van der Waals surface area contributed by atoms with E-state index in [0.29, 0.717) is 11.3 Å². The van der Waals surface area contributed by atoms with Gasteiger partial charge < -0.3 is 15.2 Å². The maximum Gasteiger partial charge on any atom is 0.166 e. The van der Waals surface area contributed by atoms with Crippen LogP contribution in [-0.2, 0) is 0 Å². The van der Waals surface area contributed by atoms with Crippen molar-refractivity contribution in [1.29, 1.82) is 0 Å². The molecule has 126 valence electrons. The van der Waals surface area contributed by atoms with Gasteiger partial charge in [0.1, 0.15) is 0 Å². The van der Waals surface area contributed by atoms with Crippen molar-refractivity contribution in [2.45, 2.75) is 50.1 Å². The molecule has 0 saturated carbocycles. The molecule has 0 amide bonds. The number of imidazole rings is 1. The predicted molar refractivity (Wildman–Crippen MR) is 101 cm³/mol. The van der Waals surface area contributed by atoms with E-state index in [1.54, 1.807) is 0 Å². The van der Waals surface area contributed by atoms with Crippen LogP contribution in [0.2, 0.25) is 5.02 Å². The average Bonchev–Trinajstić information content (AvgIpc) is 2.93. The molecule has 0 radical (unpaired) electrons. The van der Waals surface area contributed by atoms with Gasteiger partial charge in [-0.2, -0.15) is 0 Å². The SMILES string of the molecule is CCC(CC)Sc1nc2cc(Cl)c(N3CCN[C@H](C)C3)cc2[nH]1. The number of halogens is 1. The first-order chi connectivity index (χ1) is 11.1. The molecule has 3 rings (SSSR count). The third-order valence-corrected chi connectivity index (χ3v) is 6.15. The molecule has 0 bridgehead atoms. The van der Waals surface area contributed by atoms with E-state index in [2.05, 4.69) is 42.0 Å². The van der Waals surface area contributed by atoms with Crippen LogP contribution in [-0.4, -0.2) is 40.9 Å². The minimum absolute atomic E-state index is 0.485. The lowest BCUT2D eigenvalue weighted by Gasteiger charge is -2.34. The van der Waals surface area contributed by atoms with Crippen molar-refractivity contribution < 1.29 is 0 Å². The maximum absolute atomic E-state index is 6.53. The molecule has 1 aromatic heterocycles. The van der Waals surface area contributed by atoms with E-state index in [1.165, 1.54) is 0 Å². The molecule has 4 nitrogen and oxygen atoms in total. The minimum atomic E-state index is 0.485. The summed E-state index contributed by atoms with van der Waals surface area (Å²) in [6.45, 7) is 9.62. The number of aromatic amines is 1. The smallest absolute Gasteiger partial charge is 0.166 e. The van der Waals surface area contributed by atoms with Crippen molar-refractivity contribution in [2.75, 3.05) is 24.5 Å². The number of hydrogen-bond acceptors (Lipinski definition) is 4. The lowest BCUT2D eigenvalue weighted by atomic mass is 10.2. The summed E-state index contributed by atoms with van der Waals surface area (Å²) in [5.41, 5.74) is 3.13. The number of piperazine rings is 1. The highest BCUT2D eigenvalue weighted by atomic mass is 35.5. The largest absolute Gasteiger partial charge is 0.367 e. The van der Waals surface area contributed by atoms with Gasteiger partial charge in [0.15, 0.2) is 5.16 Å². The third kappa shape index (κ3) is 3.78. The molecule has 23 heavy (non-hydrogen) atoms. The Balaban J connectivity index is 1.88. The molecule has 1 atom stereocenters. The zero-order valence-electron chi connectivity index (χ0n) is 14.0. The van der Waals surface area contributed by atoms with E-state index in [1.807, 2.05) is 17.8 Å². The fourth-order valence-corrected chi connectivity index (χ4v) is 4.31. The number of hydrogen-bond donors (Lipinski definition) is 2. The summed E-state index contributed by atoms with van der Waals surface area (Å²) in [5, 5.41) is 5.86. The summed E-state index contributed by atoms with van der Waals surface area (Å²) in [5.74, 6) is 0. The molecule has 1 aliphatic heterocycles. The fraction of sp³-hybridized carbons (Fsp3) is 0.588. The molecule has 1 fully saturated rings. The Kier molecular flexibility index (Phi) is 5.39. The molecular weight excluding hydrogens is 328 g/mol. The van der Waals surface area contributed by atoms with Crippen LogP contribution in [0.25, 0.3) is 11.0 Å². The average molecular weight is 353 g/mol. The van der Waals surface area contributed by atoms with Crippen molar-refractivity contribution in [2.24, 2.45) is 0 Å². The van der Waals surface area contributed by atoms with Gasteiger partial charge in [0.05, 0.1) is 21.7 Å². The molecule has 2 aromatic rings. The first-order valence-electron chi connectivity index (χ1n) is 8.45. The lowest BCUT2D eigenvalue weighted by molar-refractivity contribution is 0.485. The van der Waals surface area contributed by atoms with Gasteiger partial charge in [-0.05, 0) is 31.9 Å². The van der Waals surface area contributed by atoms with Crippen LogP contribution in [0.4, 0.5) is 5.69 Å². The van der Waals surface area contributed by atoms with Crippen molar-refractivity contribution in [3.63, 3.8) is 0 Å². The van der Waals surface area contributed by atoms with Crippen molar-refractivity contribution in [3.8, 4) is 0 Å². The lowest BCUT2D eigenvalue weighted by Crippen LogP contribution is -2.49. The number of nitrogens with zero attached hydrogens (tertiary/aromatic N) is 2. The van der Waals surface area contributed by atoms with Crippen LogP contribution >= 0.6 is 23.4 Å². The number of benzene rings is 1. The van der Waals surface area contributed by atoms with E-state index < -0.39 is 0 Å². The monoisotopic (exact) mass is 352 g/mol. The maximum atomic E-state index is 6.53. The van der Waals surface area contributed by atoms with E-state index in [-0.39, 0.29) is 0 Å². The number of thioether (sulfide) groups is 1. The van der Waals surface area contributed by atoms with Gasteiger partial charge in [0, 0.05) is 30.9 Å². The molecule has 0 aliphatic carbocycles. The minimum Gasteiger partial charge on any atom is -0.367 e. The second-order valence-corrected chi connectivity index (χ2v) is 7.92. The quantitative estimate of drug-likeness (QED) is 0.787. The van der Waals surface area contributed by atoms with E-state index >= 15 is 0 Å². The number of fused-ring (bicyclic) bond motifs is 1. The summed E-state index contributed by atoms with van der Waals surface area (Å²) in [4.78, 5) is 10.5. The van der Waals surface area contributed by atoms with E-state index in [9.17, 15) is 0 Å². The fourth-order valence-electron chi connectivity index (χ4n) is 3.06. The zero-order chi connectivity index (χ0) is 16.4. The van der Waals surface area contributed by atoms with Crippen LogP contribution in [0.3, 0.4) is 0 Å². The Labute approximate surface area is 147 Å². The first-order valence-corrected chi connectivity index (χ1v) is 9.70. The molecule has 2 heterocycles. The van der Waals surface area contributed by atoms with E-state index in [4.69, 9.17) is 16.6 Å². The van der Waals surface area contributed by atoms with Gasteiger partial charge in [0.25, 0.3) is 0 Å². The number of H-pyrrole nitrogens is 1. The van der Waals surface area contributed by atoms with Crippen LogP contribution in [0.15, 0.2) is 17.3 Å². The van der Waals surface area contributed by atoms with Crippen LogP contribution in [0, 0.1) is 0 Å². The molecule has 1 aromatic carbocycles. The van der Waals surface area contributed by atoms with Crippen molar-refractivity contribution in [1.82, 2.24) is 15.3 Å². The van der Waals surface area contributed by atoms with Gasteiger partial charge in [0.2, 0.25) is 0 Å². The van der Waals surface area contributed by atoms with Gasteiger partial charge in [-0.1, -0.05) is 37.2 Å². The van der Waals surface area contributed by atoms with Crippen molar-refractivity contribution >= 4 is 40.1 Å². The van der Waals surface area contributed by atoms with Crippen LogP contribution in [0.5, 0.6) is 0 Å². The Hall–Kier alpha value is -0.910. The Morgan fingerprint density at radius 2 is 2.17 bits per heavy atom. The van der Waals surface area contributed by atoms with Gasteiger partial charge in [-0.15, -0.1) is 0 Å². The molecule has 6 heteroatoms. The van der Waals surface area contributed by atoms with Gasteiger partial charge in [-0.3, -0.25) is 0 Å². The summed E-state index contributed by atoms with van der Waals surface area (Å²) < 4.78 is 0. The topological polar surface area (TPSA) is 44.0 Å². The standard InChI is InChI=1S/C17H25ClN4S/c1-4-12(5-2)23-17-20-14-8-13(18)16(9-15(14)21-17)22-7-6-19-11(3)10-22/h8-9,11-12,19H,4-7,10H2,1-3H3,(H,20,21)/t11-/m1/s1. The second kappa shape index (κ2) is 7.32. The Morgan fingerprint density at radius 1 is 1.39 bits per heavy atom. The summed E-state index contributed by atoms with van der Waals surface area (Å²) in [6, 6.07) is 4.63. The number of nitrogens with one attached hydrogen (secondary N) is 2. The number of anilines is 1. The number of aromatic nitrogens is 2. The highest BCUT2D eigenvalue weighted by Crippen LogP contribution is 2.33. The Morgan fingerprint density at radius 3 is 2.87 bits per heavy atom. The molecule has 0 spiro atoms. The third-order valence-electron chi connectivity index (χ3n) is 4.43. The van der Waals surface area contributed by atoms with Crippen LogP contribution < -0.4 is 10.2 Å². The van der Waals surface area contributed by atoms with Crippen LogP contribution in [0.1, 0.15) is 33.6 Å². The molecule has 1 saturated heterocycles. The predicted octanol–water partition coefficient (Wildman–Crippen LogP) is 4.30.